The summed E-state index contributed by atoms with van der Waals surface area (Å²) in [6.45, 7) is 10.9. The average Bonchev–Trinajstić information content (AvgIpc) is 2.83. The third kappa shape index (κ3) is 1.84. The van der Waals surface area contributed by atoms with Gasteiger partial charge in [0.25, 0.3) is 0 Å². The molecule has 0 heteroatoms. The van der Waals surface area contributed by atoms with Gasteiger partial charge in [0.2, 0.25) is 0 Å². The van der Waals surface area contributed by atoms with Crippen LogP contribution in [-0.4, -0.2) is 0 Å². The Morgan fingerprint density at radius 3 is 2.36 bits per heavy atom. The highest BCUT2D eigenvalue weighted by Crippen LogP contribution is 2.44. The smallest absolute Gasteiger partial charge is 0.0129 e. The van der Waals surface area contributed by atoms with Gasteiger partial charge in [-0.25, -0.2) is 0 Å². The summed E-state index contributed by atoms with van der Waals surface area (Å²) in [5.74, 6) is 0.825. The largest absolute Gasteiger partial charge is 0.0587 e. The van der Waals surface area contributed by atoms with Crippen molar-refractivity contribution < 1.29 is 0 Å². The van der Waals surface area contributed by atoms with Gasteiger partial charge in [0, 0.05) is 0 Å². The minimum atomic E-state index is 0.269. The topological polar surface area (TPSA) is 0 Å². The van der Waals surface area contributed by atoms with E-state index >= 15 is 0 Å². The Balaban J connectivity index is 2.47. The zero-order chi connectivity index (χ0) is 10.3. The molecule has 1 aliphatic rings. The van der Waals surface area contributed by atoms with Crippen molar-refractivity contribution in [2.24, 2.45) is 0 Å². The molecule has 1 fully saturated rings. The second kappa shape index (κ2) is 3.12. The Morgan fingerprint density at radius 2 is 1.86 bits per heavy atom. The van der Waals surface area contributed by atoms with E-state index in [4.69, 9.17) is 0 Å². The standard InChI is InChI=1S/C14H19/c1-10-5-8-13(14(2,3)4)12(9-10)11-6-7-11/h5,8-9,11H,1,6-7H2,2-4H3. The molecule has 0 saturated heterocycles. The summed E-state index contributed by atoms with van der Waals surface area (Å²) in [7, 11) is 0. The fourth-order valence-electron chi connectivity index (χ4n) is 2.03. The number of rotatable bonds is 1. The summed E-state index contributed by atoms with van der Waals surface area (Å²) in [6, 6.07) is 6.67. The molecule has 1 radical (unpaired) electrons. The van der Waals surface area contributed by atoms with Crippen molar-refractivity contribution >= 4 is 0 Å². The van der Waals surface area contributed by atoms with Gasteiger partial charge in [-0.1, -0.05) is 39.0 Å². The van der Waals surface area contributed by atoms with E-state index in [9.17, 15) is 0 Å². The lowest BCUT2D eigenvalue weighted by Crippen LogP contribution is -2.14. The first-order chi connectivity index (χ1) is 6.48. The van der Waals surface area contributed by atoms with Crippen molar-refractivity contribution in [2.75, 3.05) is 0 Å². The van der Waals surface area contributed by atoms with Crippen LogP contribution in [0.5, 0.6) is 0 Å². The van der Waals surface area contributed by atoms with E-state index in [-0.39, 0.29) is 5.41 Å². The Labute approximate surface area is 87.3 Å². The van der Waals surface area contributed by atoms with Gasteiger partial charge >= 0.3 is 0 Å². The maximum absolute atomic E-state index is 4.01. The number of hydrogen-bond acceptors (Lipinski definition) is 0. The van der Waals surface area contributed by atoms with E-state index in [2.05, 4.69) is 45.9 Å². The van der Waals surface area contributed by atoms with Crippen molar-refractivity contribution in [3.05, 3.63) is 41.8 Å². The highest BCUT2D eigenvalue weighted by Gasteiger charge is 2.29. The number of benzene rings is 1. The first-order valence-electron chi connectivity index (χ1n) is 5.45. The van der Waals surface area contributed by atoms with Crippen molar-refractivity contribution in [2.45, 2.75) is 44.9 Å². The molecule has 1 aromatic carbocycles. The average molecular weight is 187 g/mol. The molecule has 0 aliphatic heterocycles. The van der Waals surface area contributed by atoms with Crippen molar-refractivity contribution in [1.29, 1.82) is 0 Å². The van der Waals surface area contributed by atoms with Crippen LogP contribution in [0.25, 0.3) is 0 Å². The van der Waals surface area contributed by atoms with Gasteiger partial charge in [0.15, 0.2) is 0 Å². The van der Waals surface area contributed by atoms with Gasteiger partial charge in [-0.3, -0.25) is 0 Å². The van der Waals surface area contributed by atoms with E-state index in [1.165, 1.54) is 18.4 Å². The van der Waals surface area contributed by atoms with Crippen LogP contribution in [-0.2, 0) is 5.41 Å². The van der Waals surface area contributed by atoms with E-state index in [0.717, 1.165) is 11.5 Å². The van der Waals surface area contributed by atoms with Gasteiger partial charge in [0.05, 0.1) is 0 Å². The maximum Gasteiger partial charge on any atom is -0.0129 e. The molecule has 0 aromatic heterocycles. The maximum atomic E-state index is 4.01. The van der Waals surface area contributed by atoms with E-state index < -0.39 is 0 Å². The molecule has 0 unspecified atom stereocenters. The van der Waals surface area contributed by atoms with Crippen LogP contribution in [0.1, 0.15) is 56.2 Å². The predicted molar refractivity (Wildman–Crippen MR) is 61.6 cm³/mol. The zero-order valence-electron chi connectivity index (χ0n) is 9.43. The lowest BCUT2D eigenvalue weighted by atomic mass is 9.82. The molecule has 2 rings (SSSR count). The van der Waals surface area contributed by atoms with Gasteiger partial charge in [-0.2, -0.15) is 0 Å². The molecule has 0 atom stereocenters. The molecule has 75 valence electrons. The minimum absolute atomic E-state index is 0.269. The SMILES string of the molecule is [CH2]c1ccc(C(C)(C)C)c(C2CC2)c1. The Kier molecular flexibility index (Phi) is 2.17. The Hall–Kier alpha value is -0.780. The molecule has 0 N–H and O–H groups in total. The van der Waals surface area contributed by atoms with Crippen LogP contribution >= 0.6 is 0 Å². The van der Waals surface area contributed by atoms with Crippen LogP contribution < -0.4 is 0 Å². The second-order valence-corrected chi connectivity index (χ2v) is 5.45. The van der Waals surface area contributed by atoms with Crippen LogP contribution in [0.2, 0.25) is 0 Å². The van der Waals surface area contributed by atoms with Gasteiger partial charge in [-0.15, -0.1) is 0 Å². The molecule has 1 saturated carbocycles. The molecule has 1 aromatic rings. The van der Waals surface area contributed by atoms with Gasteiger partial charge in [0.1, 0.15) is 0 Å². The summed E-state index contributed by atoms with van der Waals surface area (Å²) in [6.07, 6.45) is 2.74. The first-order valence-corrected chi connectivity index (χ1v) is 5.45. The summed E-state index contributed by atoms with van der Waals surface area (Å²) >= 11 is 0. The quantitative estimate of drug-likeness (QED) is 0.622. The Bertz CT molecular complexity index is 338. The molecule has 0 heterocycles. The van der Waals surface area contributed by atoms with Crippen molar-refractivity contribution in [3.8, 4) is 0 Å². The van der Waals surface area contributed by atoms with Crippen LogP contribution in [0.3, 0.4) is 0 Å². The summed E-state index contributed by atoms with van der Waals surface area (Å²) in [4.78, 5) is 0. The fourth-order valence-corrected chi connectivity index (χ4v) is 2.03. The predicted octanol–water partition coefficient (Wildman–Crippen LogP) is 4.04. The van der Waals surface area contributed by atoms with Crippen LogP contribution in [0.4, 0.5) is 0 Å². The van der Waals surface area contributed by atoms with E-state index in [1.54, 1.807) is 5.56 Å². The van der Waals surface area contributed by atoms with E-state index in [0.29, 0.717) is 0 Å². The lowest BCUT2D eigenvalue weighted by molar-refractivity contribution is 0.582. The summed E-state index contributed by atoms with van der Waals surface area (Å²) in [5, 5.41) is 0. The first kappa shape index (κ1) is 9.76. The highest BCUT2D eigenvalue weighted by molar-refractivity contribution is 5.41. The molecule has 0 amide bonds. The van der Waals surface area contributed by atoms with Gasteiger partial charge < -0.3 is 0 Å². The van der Waals surface area contributed by atoms with Crippen molar-refractivity contribution in [1.82, 2.24) is 0 Å². The normalized spacial score (nSPS) is 17.1. The molecule has 0 spiro atoms. The Morgan fingerprint density at radius 1 is 1.21 bits per heavy atom. The second-order valence-electron chi connectivity index (χ2n) is 5.45. The third-order valence-corrected chi connectivity index (χ3v) is 2.94. The zero-order valence-corrected chi connectivity index (χ0v) is 9.43. The summed E-state index contributed by atoms with van der Waals surface area (Å²) in [5.41, 5.74) is 4.48. The van der Waals surface area contributed by atoms with Crippen LogP contribution in [0.15, 0.2) is 18.2 Å². The molecule has 0 bridgehead atoms. The molecule has 1 aliphatic carbocycles. The summed E-state index contributed by atoms with van der Waals surface area (Å²) < 4.78 is 0. The van der Waals surface area contributed by atoms with Gasteiger partial charge in [-0.05, 0) is 47.8 Å². The molecular formula is C14H19. The monoisotopic (exact) mass is 187 g/mol. The minimum Gasteiger partial charge on any atom is -0.0587 e. The fraction of sp³-hybridized carbons (Fsp3) is 0.500. The van der Waals surface area contributed by atoms with Crippen molar-refractivity contribution in [3.63, 3.8) is 0 Å². The third-order valence-electron chi connectivity index (χ3n) is 2.94. The molecular weight excluding hydrogens is 168 g/mol. The van der Waals surface area contributed by atoms with Crippen LogP contribution in [0, 0.1) is 6.92 Å². The highest BCUT2D eigenvalue weighted by atomic mass is 14.3. The number of hydrogen-bond donors (Lipinski definition) is 0. The molecule has 14 heavy (non-hydrogen) atoms. The lowest BCUT2D eigenvalue weighted by Gasteiger charge is -2.23. The molecule has 0 nitrogen and oxygen atoms in total. The van der Waals surface area contributed by atoms with E-state index in [1.807, 2.05) is 0 Å².